The van der Waals surface area contributed by atoms with E-state index in [1.807, 2.05) is 0 Å². The Kier molecular flexibility index (Phi) is 5.59. The molecule has 5 aromatic rings. The predicted molar refractivity (Wildman–Crippen MR) is 130 cm³/mol. The van der Waals surface area contributed by atoms with Crippen LogP contribution in [0.1, 0.15) is 6.92 Å². The van der Waals surface area contributed by atoms with Gasteiger partial charge in [-0.25, -0.2) is 27.2 Å². The van der Waals surface area contributed by atoms with Crippen molar-refractivity contribution in [3.63, 3.8) is 0 Å². The first kappa shape index (κ1) is 23.3. The van der Waals surface area contributed by atoms with Gasteiger partial charge >= 0.3 is 0 Å². The summed E-state index contributed by atoms with van der Waals surface area (Å²) in [5, 5.41) is 6.56. The average molecular weight is 509 g/mol. The van der Waals surface area contributed by atoms with Crippen LogP contribution in [0.25, 0.3) is 39.1 Å². The van der Waals surface area contributed by atoms with Gasteiger partial charge in [-0.15, -0.1) is 0 Å². The molecule has 0 saturated heterocycles. The summed E-state index contributed by atoms with van der Waals surface area (Å²) in [5.41, 5.74) is 3.67. The number of hydrogen-bond donors (Lipinski definition) is 1. The van der Waals surface area contributed by atoms with Crippen LogP contribution >= 0.6 is 0 Å². The number of anilines is 1. The van der Waals surface area contributed by atoms with Gasteiger partial charge in [0.15, 0.2) is 5.65 Å². The topological polar surface area (TPSA) is 112 Å². The van der Waals surface area contributed by atoms with E-state index < -0.39 is 21.7 Å². The molecule has 0 spiro atoms. The summed E-state index contributed by atoms with van der Waals surface area (Å²) in [5.74, 6) is -1.75. The number of aromatic nitrogens is 5. The molecule has 2 aromatic carbocycles. The van der Waals surface area contributed by atoms with E-state index in [0.717, 1.165) is 22.5 Å². The van der Waals surface area contributed by atoms with E-state index in [9.17, 15) is 22.0 Å². The normalized spacial score (nSPS) is 11.7. The Hall–Kier alpha value is -4.45. The van der Waals surface area contributed by atoms with Gasteiger partial charge in [-0.1, -0.05) is 0 Å². The van der Waals surface area contributed by atoms with Crippen molar-refractivity contribution >= 4 is 32.8 Å². The van der Waals surface area contributed by atoms with Crippen LogP contribution in [0.4, 0.5) is 14.5 Å². The fourth-order valence-corrected chi connectivity index (χ4v) is 4.31. The van der Waals surface area contributed by atoms with Crippen molar-refractivity contribution < 1.29 is 22.0 Å². The molecular formula is C24H18F2N6O3S. The Morgan fingerprint density at radius 1 is 0.972 bits per heavy atom. The molecule has 0 aliphatic carbocycles. The van der Waals surface area contributed by atoms with Gasteiger partial charge < -0.3 is 5.32 Å². The highest BCUT2D eigenvalue weighted by atomic mass is 32.2. The molecule has 0 bridgehead atoms. The Bertz CT molecular complexity index is 1760. The molecule has 0 radical (unpaired) electrons. The van der Waals surface area contributed by atoms with E-state index in [1.54, 1.807) is 35.0 Å². The van der Waals surface area contributed by atoms with Gasteiger partial charge in [0.2, 0.25) is 5.91 Å². The van der Waals surface area contributed by atoms with E-state index in [0.29, 0.717) is 39.2 Å². The maximum absolute atomic E-state index is 14.5. The lowest BCUT2D eigenvalue weighted by atomic mass is 10.0. The summed E-state index contributed by atoms with van der Waals surface area (Å²) in [6, 6.07) is 9.96. The van der Waals surface area contributed by atoms with Crippen LogP contribution in [-0.4, -0.2) is 44.3 Å². The monoisotopic (exact) mass is 508 g/mol. The summed E-state index contributed by atoms with van der Waals surface area (Å²) in [4.78, 5) is 20.6. The fraction of sp³-hybridized carbons (Fsp3) is 0.0833. The predicted octanol–water partition coefficient (Wildman–Crippen LogP) is 4.00. The molecule has 0 saturated carbocycles. The third kappa shape index (κ3) is 4.45. The van der Waals surface area contributed by atoms with E-state index in [4.69, 9.17) is 0 Å². The molecule has 0 aliphatic heterocycles. The average Bonchev–Trinajstić information content (AvgIpc) is 3.45. The number of hydrogen-bond acceptors (Lipinski definition) is 6. The van der Waals surface area contributed by atoms with Crippen LogP contribution < -0.4 is 5.32 Å². The summed E-state index contributed by atoms with van der Waals surface area (Å²) in [6.07, 6.45) is 6.94. The van der Waals surface area contributed by atoms with Crippen LogP contribution in [0.2, 0.25) is 0 Å². The summed E-state index contributed by atoms with van der Waals surface area (Å²) in [6.45, 7) is 1.35. The second-order valence-electron chi connectivity index (χ2n) is 8.12. The number of nitrogens with one attached hydrogen (secondary N) is 1. The molecule has 5 rings (SSSR count). The Labute approximate surface area is 204 Å². The van der Waals surface area contributed by atoms with Crippen LogP contribution in [0.15, 0.2) is 67.4 Å². The number of amides is 1. The summed E-state index contributed by atoms with van der Waals surface area (Å²) < 4.78 is 53.9. The zero-order chi connectivity index (χ0) is 25.6. The number of benzene rings is 2. The van der Waals surface area contributed by atoms with E-state index in [-0.39, 0.29) is 11.5 Å². The van der Waals surface area contributed by atoms with Gasteiger partial charge in [-0.3, -0.25) is 9.36 Å². The van der Waals surface area contributed by atoms with Crippen molar-refractivity contribution in [2.45, 2.75) is 6.92 Å². The molecule has 3 aromatic heterocycles. The molecular weight excluding hydrogens is 490 g/mol. The van der Waals surface area contributed by atoms with Gasteiger partial charge in [-0.2, -0.15) is 9.19 Å². The zero-order valence-electron chi connectivity index (χ0n) is 19.0. The first-order chi connectivity index (χ1) is 17.1. The van der Waals surface area contributed by atoms with Crippen molar-refractivity contribution in [1.29, 1.82) is 0 Å². The lowest BCUT2D eigenvalue weighted by molar-refractivity contribution is -0.114. The number of nitrogens with zero attached hydrogens (tertiary/aromatic N) is 5. The second-order valence-corrected chi connectivity index (χ2v) is 9.96. The Morgan fingerprint density at radius 2 is 1.78 bits per heavy atom. The molecule has 12 heteroatoms. The minimum atomic E-state index is -3.52. The highest BCUT2D eigenvalue weighted by molar-refractivity contribution is 7.89. The molecule has 9 nitrogen and oxygen atoms in total. The van der Waals surface area contributed by atoms with Crippen LogP contribution in [0.5, 0.6) is 0 Å². The first-order valence-electron chi connectivity index (χ1n) is 10.6. The van der Waals surface area contributed by atoms with Gasteiger partial charge in [0, 0.05) is 41.6 Å². The van der Waals surface area contributed by atoms with Crippen LogP contribution in [0.3, 0.4) is 0 Å². The smallest absolute Gasteiger partial charge is 0.250 e. The summed E-state index contributed by atoms with van der Waals surface area (Å²) >= 11 is 0. The number of rotatable bonds is 5. The molecule has 1 amide bonds. The van der Waals surface area contributed by atoms with Crippen LogP contribution in [0, 0.1) is 11.6 Å². The standard InChI is InChI=1S/C24H18F2N6O3S/c1-14(33)30-19-5-15(21-4-3-18(25)8-22(21)26)6-20(9-19)31-13-28-23-7-16(10-27-24(23)31)17-11-29-32(12-17)36(2,34)35/h3-13H,1-2H3,(H,30,33). The molecule has 0 unspecified atom stereocenters. The van der Waals surface area contributed by atoms with Crippen molar-refractivity contribution in [2.24, 2.45) is 0 Å². The van der Waals surface area contributed by atoms with Crippen molar-refractivity contribution in [2.75, 3.05) is 11.6 Å². The number of imidazole rings is 1. The molecule has 0 fully saturated rings. The molecule has 36 heavy (non-hydrogen) atoms. The molecule has 0 atom stereocenters. The highest BCUT2D eigenvalue weighted by Gasteiger charge is 2.15. The van der Waals surface area contributed by atoms with Gasteiger partial charge in [0.25, 0.3) is 10.0 Å². The lowest BCUT2D eigenvalue weighted by Gasteiger charge is -2.12. The minimum absolute atomic E-state index is 0.160. The Balaban J connectivity index is 1.61. The molecule has 0 aliphatic rings. The van der Waals surface area contributed by atoms with E-state index >= 15 is 0 Å². The van der Waals surface area contributed by atoms with Gasteiger partial charge in [0.05, 0.1) is 24.3 Å². The fourth-order valence-electron chi connectivity index (χ4n) is 3.79. The molecule has 182 valence electrons. The number of fused-ring (bicyclic) bond motifs is 1. The lowest BCUT2D eigenvalue weighted by Crippen LogP contribution is -2.09. The number of carbonyl (C=O) groups excluding carboxylic acids is 1. The minimum Gasteiger partial charge on any atom is -0.326 e. The number of pyridine rings is 1. The van der Waals surface area contributed by atoms with E-state index in [1.165, 1.54) is 31.7 Å². The van der Waals surface area contributed by atoms with Crippen LogP contribution in [-0.2, 0) is 14.8 Å². The highest BCUT2D eigenvalue weighted by Crippen LogP contribution is 2.31. The zero-order valence-corrected chi connectivity index (χ0v) is 19.8. The largest absolute Gasteiger partial charge is 0.326 e. The Morgan fingerprint density at radius 3 is 2.47 bits per heavy atom. The molecule has 3 heterocycles. The quantitative estimate of drug-likeness (QED) is 0.384. The maximum atomic E-state index is 14.5. The van der Waals surface area contributed by atoms with Crippen molar-refractivity contribution in [1.82, 2.24) is 23.7 Å². The van der Waals surface area contributed by atoms with Crippen molar-refractivity contribution in [3.05, 3.63) is 79.0 Å². The van der Waals surface area contributed by atoms with E-state index in [2.05, 4.69) is 20.4 Å². The third-order valence-corrected chi connectivity index (χ3v) is 6.26. The number of halogens is 2. The third-order valence-electron chi connectivity index (χ3n) is 5.38. The maximum Gasteiger partial charge on any atom is 0.250 e. The van der Waals surface area contributed by atoms with Gasteiger partial charge in [-0.05, 0) is 42.0 Å². The van der Waals surface area contributed by atoms with Crippen molar-refractivity contribution in [3.8, 4) is 27.9 Å². The first-order valence-corrected chi connectivity index (χ1v) is 12.4. The summed E-state index contributed by atoms with van der Waals surface area (Å²) in [7, 11) is -3.52. The second kappa shape index (κ2) is 8.64. The van der Waals surface area contributed by atoms with Gasteiger partial charge in [0.1, 0.15) is 23.5 Å². The number of carbonyl (C=O) groups is 1. The molecule has 1 N–H and O–H groups in total. The SMILES string of the molecule is CC(=O)Nc1cc(-c2ccc(F)cc2F)cc(-n2cnc3cc(-c4cnn(S(C)(=O)=O)c4)cnc32)c1.